The number of nitrogens with zero attached hydrogens (tertiary/aromatic N) is 1. The van der Waals surface area contributed by atoms with E-state index in [9.17, 15) is 9.50 Å². The van der Waals surface area contributed by atoms with Crippen molar-refractivity contribution >= 4 is 38.8 Å². The van der Waals surface area contributed by atoms with E-state index in [0.717, 1.165) is 0 Å². The van der Waals surface area contributed by atoms with Crippen molar-refractivity contribution in [3.05, 3.63) is 52.5 Å². The summed E-state index contributed by atoms with van der Waals surface area (Å²) in [6.07, 6.45) is 1.61. The largest absolute Gasteiger partial charge is 0.510 e. The molecule has 1 rings (SSSR count). The Kier molecular flexibility index (Phi) is 5.67. The van der Waals surface area contributed by atoms with Crippen molar-refractivity contribution in [2.45, 2.75) is 6.42 Å². The van der Waals surface area contributed by atoms with E-state index in [0.29, 0.717) is 10.2 Å². The van der Waals surface area contributed by atoms with Gasteiger partial charge in [0.25, 0.3) is 0 Å². The highest BCUT2D eigenvalue weighted by atomic mass is 79.9. The lowest BCUT2D eigenvalue weighted by molar-refractivity contribution is 0.399. The maximum Gasteiger partial charge on any atom is 0.125 e. The van der Waals surface area contributed by atoms with Crippen LogP contribution < -0.4 is 5.32 Å². The van der Waals surface area contributed by atoms with Gasteiger partial charge in [0.15, 0.2) is 0 Å². The summed E-state index contributed by atoms with van der Waals surface area (Å²) in [5, 5.41) is 21.4. The average Bonchev–Trinajstić information content (AvgIpc) is 2.34. The number of benzene rings is 1. The molecule has 2 N–H and O–H groups in total. The van der Waals surface area contributed by atoms with Gasteiger partial charge in [-0.2, -0.15) is 5.26 Å². The van der Waals surface area contributed by atoms with Crippen LogP contribution in [0, 0.1) is 17.1 Å². The highest BCUT2D eigenvalue weighted by molar-refractivity contribution is 9.10. The number of thiocarbonyl (C=S) groups is 1. The van der Waals surface area contributed by atoms with Gasteiger partial charge in [-0.05, 0) is 34.1 Å². The molecular weight excluding hydrogens is 331 g/mol. The predicted molar refractivity (Wildman–Crippen MR) is 80.4 cm³/mol. The molecular formula is C13H10BrFN2OS. The van der Waals surface area contributed by atoms with E-state index >= 15 is 0 Å². The number of aliphatic hydroxyl groups excluding tert-OH is 1. The smallest absolute Gasteiger partial charge is 0.125 e. The van der Waals surface area contributed by atoms with E-state index in [1.54, 1.807) is 0 Å². The summed E-state index contributed by atoms with van der Waals surface area (Å²) < 4.78 is 13.4. The molecule has 0 amide bonds. The van der Waals surface area contributed by atoms with Crippen molar-refractivity contribution in [1.82, 2.24) is 0 Å². The monoisotopic (exact) mass is 340 g/mol. The van der Waals surface area contributed by atoms with Gasteiger partial charge < -0.3 is 10.4 Å². The summed E-state index contributed by atoms with van der Waals surface area (Å²) in [5.74, 6) is -0.554. The van der Waals surface area contributed by atoms with E-state index in [4.69, 9.17) is 17.5 Å². The van der Waals surface area contributed by atoms with Crippen LogP contribution in [0.3, 0.4) is 0 Å². The first kappa shape index (κ1) is 15.3. The van der Waals surface area contributed by atoms with Gasteiger partial charge in [0.2, 0.25) is 0 Å². The number of anilines is 1. The topological polar surface area (TPSA) is 56.0 Å². The second kappa shape index (κ2) is 7.02. The van der Waals surface area contributed by atoms with Gasteiger partial charge in [0.1, 0.15) is 28.2 Å². The Bertz CT molecular complexity index is 593. The first-order valence-corrected chi connectivity index (χ1v) is 6.39. The predicted octanol–water partition coefficient (Wildman–Crippen LogP) is 4.24. The Balaban J connectivity index is 2.99. The number of hydrogen-bond donors (Lipinski definition) is 2. The number of aliphatic hydroxyl groups is 1. The van der Waals surface area contributed by atoms with Crippen LogP contribution in [0.4, 0.5) is 10.1 Å². The third-order valence-electron chi connectivity index (χ3n) is 2.14. The summed E-state index contributed by atoms with van der Waals surface area (Å²) in [4.78, 5) is 0.0640. The van der Waals surface area contributed by atoms with Gasteiger partial charge in [-0.15, -0.1) is 6.58 Å². The molecule has 1 aromatic rings. The Morgan fingerprint density at radius 3 is 2.84 bits per heavy atom. The number of nitrogens with one attached hydrogen (secondary N) is 1. The number of rotatable bonds is 4. The van der Waals surface area contributed by atoms with E-state index in [1.807, 2.05) is 6.07 Å². The molecule has 0 saturated carbocycles. The summed E-state index contributed by atoms with van der Waals surface area (Å²) in [6, 6.07) is 5.83. The first-order chi connectivity index (χ1) is 8.99. The highest BCUT2D eigenvalue weighted by Gasteiger charge is 2.12. The van der Waals surface area contributed by atoms with Crippen LogP contribution >= 0.6 is 28.1 Å². The third-order valence-corrected chi connectivity index (χ3v) is 3.11. The standard InChI is InChI=1S/C13H10BrFN2OS/c1-2-3-12(18)9(7-16)13(19)17-11-5-4-8(15)6-10(11)14/h2,4-6,18H,1,3H2,(H,17,19)/b12-9-. The minimum atomic E-state index is -0.395. The van der Waals surface area contributed by atoms with Crippen molar-refractivity contribution in [3.63, 3.8) is 0 Å². The average molecular weight is 341 g/mol. The molecule has 0 aliphatic carbocycles. The van der Waals surface area contributed by atoms with Crippen molar-refractivity contribution in [2.75, 3.05) is 5.32 Å². The normalized spacial score (nSPS) is 11.2. The molecule has 98 valence electrons. The van der Waals surface area contributed by atoms with Gasteiger partial charge in [0.05, 0.1) is 5.69 Å². The number of halogens is 2. The second-order valence-electron chi connectivity index (χ2n) is 3.50. The molecule has 1 aromatic carbocycles. The van der Waals surface area contributed by atoms with Crippen LogP contribution in [-0.2, 0) is 0 Å². The van der Waals surface area contributed by atoms with Crippen molar-refractivity contribution in [2.24, 2.45) is 0 Å². The van der Waals surface area contributed by atoms with Crippen LogP contribution in [0.15, 0.2) is 46.7 Å². The van der Waals surface area contributed by atoms with E-state index < -0.39 is 5.82 Å². The molecule has 0 aromatic heterocycles. The van der Waals surface area contributed by atoms with Gasteiger partial charge in [-0.3, -0.25) is 0 Å². The minimum absolute atomic E-state index is 0.0360. The van der Waals surface area contributed by atoms with E-state index in [2.05, 4.69) is 27.8 Å². The lowest BCUT2D eigenvalue weighted by Gasteiger charge is -2.10. The Morgan fingerprint density at radius 1 is 1.63 bits per heavy atom. The maximum atomic E-state index is 12.9. The molecule has 0 fully saturated rings. The fourth-order valence-corrected chi connectivity index (χ4v) is 1.98. The molecule has 0 aliphatic heterocycles. The molecule has 19 heavy (non-hydrogen) atoms. The maximum absolute atomic E-state index is 12.9. The zero-order chi connectivity index (χ0) is 14.4. The lowest BCUT2D eigenvalue weighted by Crippen LogP contribution is -2.13. The number of allylic oxidation sites excluding steroid dienone is 1. The van der Waals surface area contributed by atoms with Crippen molar-refractivity contribution in [1.29, 1.82) is 5.26 Å². The van der Waals surface area contributed by atoms with E-state index in [-0.39, 0.29) is 22.7 Å². The van der Waals surface area contributed by atoms with Crippen molar-refractivity contribution < 1.29 is 9.50 Å². The van der Waals surface area contributed by atoms with Crippen LogP contribution in [0.25, 0.3) is 0 Å². The molecule has 0 bridgehead atoms. The first-order valence-electron chi connectivity index (χ1n) is 5.19. The molecule has 0 unspecified atom stereocenters. The molecule has 0 saturated heterocycles. The number of hydrogen-bond acceptors (Lipinski definition) is 3. The summed E-state index contributed by atoms with van der Waals surface area (Å²) in [5.41, 5.74) is 0.469. The summed E-state index contributed by atoms with van der Waals surface area (Å²) >= 11 is 8.21. The molecule has 0 aliphatic rings. The minimum Gasteiger partial charge on any atom is -0.510 e. The molecule has 0 atom stereocenters. The van der Waals surface area contributed by atoms with Crippen LogP contribution in [0.5, 0.6) is 0 Å². The zero-order valence-corrected chi connectivity index (χ0v) is 12.2. The fraction of sp³-hybridized carbons (Fsp3) is 0.0769. The Hall–Kier alpha value is -1.71. The Morgan fingerprint density at radius 2 is 2.32 bits per heavy atom. The lowest BCUT2D eigenvalue weighted by atomic mass is 10.2. The van der Waals surface area contributed by atoms with Crippen molar-refractivity contribution in [3.8, 4) is 6.07 Å². The SMILES string of the molecule is C=CC/C(O)=C(\C#N)C(=S)Nc1ccc(F)cc1Br. The van der Waals surface area contributed by atoms with Gasteiger partial charge in [-0.1, -0.05) is 18.3 Å². The zero-order valence-electron chi connectivity index (χ0n) is 9.78. The van der Waals surface area contributed by atoms with Gasteiger partial charge in [0, 0.05) is 10.9 Å². The molecule has 3 nitrogen and oxygen atoms in total. The van der Waals surface area contributed by atoms with E-state index in [1.165, 1.54) is 24.3 Å². The second-order valence-corrected chi connectivity index (χ2v) is 4.77. The summed E-state index contributed by atoms with van der Waals surface area (Å²) in [6.45, 7) is 3.47. The quantitative estimate of drug-likeness (QED) is 0.283. The van der Waals surface area contributed by atoms with Crippen LogP contribution in [0.2, 0.25) is 0 Å². The van der Waals surface area contributed by atoms with Crippen LogP contribution in [-0.4, -0.2) is 10.1 Å². The number of nitriles is 1. The molecule has 0 heterocycles. The van der Waals surface area contributed by atoms with Gasteiger partial charge >= 0.3 is 0 Å². The highest BCUT2D eigenvalue weighted by Crippen LogP contribution is 2.24. The fourth-order valence-electron chi connectivity index (χ4n) is 1.26. The third kappa shape index (κ3) is 4.16. The van der Waals surface area contributed by atoms with Crippen LogP contribution in [0.1, 0.15) is 6.42 Å². The van der Waals surface area contributed by atoms with Gasteiger partial charge in [-0.25, -0.2) is 4.39 Å². The Labute approximate surface area is 124 Å². The molecule has 0 radical (unpaired) electrons. The molecule has 6 heteroatoms. The molecule has 0 spiro atoms. The summed E-state index contributed by atoms with van der Waals surface area (Å²) in [7, 11) is 0.